The molecule has 3 aromatic rings. The lowest BCUT2D eigenvalue weighted by Crippen LogP contribution is -2.62. The number of rotatable bonds is 16. The van der Waals surface area contributed by atoms with E-state index in [-0.39, 0.29) is 23.1 Å². The van der Waals surface area contributed by atoms with Gasteiger partial charge in [0.15, 0.2) is 0 Å². The molecule has 1 atom stereocenters. The second-order valence-corrected chi connectivity index (χ2v) is 13.7. The number of hydrogen-bond donors (Lipinski definition) is 2. The minimum atomic E-state index is -6.65. The summed E-state index contributed by atoms with van der Waals surface area (Å²) in [7, 11) is 1.13. The van der Waals surface area contributed by atoms with Crippen LogP contribution in [0.4, 0.5) is 48.3 Å². The standard InChI is InChI=1S/C34H37F11N2O6/c1-28(2,46)17-24(29(3,4)47)27(49)52-13-11-31(37,38)34(44,45)33(42,43)30(35,36)10-12-51-20-7-6-18-14-22(26(48)53-25(18)16-20)21-9-8-19(50-5)15-23(21)32(39,40)41/h6-9,14-16,24H,10-13,17,46-47H2,1-5H3. The predicted molar refractivity (Wildman–Crippen MR) is 170 cm³/mol. The summed E-state index contributed by atoms with van der Waals surface area (Å²) in [6, 6.07) is 6.83. The normalized spacial score (nSPS) is 14.3. The van der Waals surface area contributed by atoms with Crippen LogP contribution in [0, 0.1) is 5.92 Å². The lowest BCUT2D eigenvalue weighted by molar-refractivity contribution is -0.369. The van der Waals surface area contributed by atoms with E-state index in [1.54, 1.807) is 0 Å². The van der Waals surface area contributed by atoms with E-state index in [2.05, 4.69) is 4.74 Å². The summed E-state index contributed by atoms with van der Waals surface area (Å²) in [5.74, 6) is -28.0. The van der Waals surface area contributed by atoms with Crippen molar-refractivity contribution in [3.63, 3.8) is 0 Å². The molecule has 1 unspecified atom stereocenters. The zero-order valence-electron chi connectivity index (χ0n) is 28.9. The van der Waals surface area contributed by atoms with Crippen LogP contribution in [0.5, 0.6) is 11.5 Å². The third-order valence-corrected chi connectivity index (χ3v) is 8.10. The van der Waals surface area contributed by atoms with E-state index < -0.39 is 107 Å². The van der Waals surface area contributed by atoms with Gasteiger partial charge in [-0.05, 0) is 70.5 Å². The molecule has 0 aliphatic carbocycles. The molecule has 53 heavy (non-hydrogen) atoms. The first-order chi connectivity index (χ1) is 23.9. The maximum Gasteiger partial charge on any atom is 0.417 e. The van der Waals surface area contributed by atoms with Gasteiger partial charge in [0.05, 0.1) is 50.2 Å². The Kier molecular flexibility index (Phi) is 12.2. The zero-order chi connectivity index (χ0) is 40.6. The van der Waals surface area contributed by atoms with Crippen molar-refractivity contribution in [3.8, 4) is 22.6 Å². The smallest absolute Gasteiger partial charge is 0.417 e. The molecule has 0 saturated carbocycles. The van der Waals surface area contributed by atoms with Gasteiger partial charge in [-0.15, -0.1) is 0 Å². The zero-order valence-corrected chi connectivity index (χ0v) is 28.9. The first-order valence-electron chi connectivity index (χ1n) is 15.7. The van der Waals surface area contributed by atoms with Crippen molar-refractivity contribution >= 4 is 16.9 Å². The van der Waals surface area contributed by atoms with Gasteiger partial charge in [0, 0.05) is 28.1 Å². The highest BCUT2D eigenvalue weighted by Gasteiger charge is 2.79. The molecule has 0 spiro atoms. The van der Waals surface area contributed by atoms with Gasteiger partial charge in [0.2, 0.25) is 0 Å². The van der Waals surface area contributed by atoms with E-state index in [4.69, 9.17) is 25.4 Å². The summed E-state index contributed by atoms with van der Waals surface area (Å²) < 4.78 is 177. The number of methoxy groups -OCH3 is 1. The molecule has 0 amide bonds. The highest BCUT2D eigenvalue weighted by molar-refractivity contribution is 5.83. The molecule has 3 rings (SSSR count). The van der Waals surface area contributed by atoms with Crippen molar-refractivity contribution in [2.75, 3.05) is 20.3 Å². The van der Waals surface area contributed by atoms with Crippen LogP contribution in [0.15, 0.2) is 51.7 Å². The first-order valence-corrected chi connectivity index (χ1v) is 15.7. The van der Waals surface area contributed by atoms with Gasteiger partial charge in [-0.1, -0.05) is 0 Å². The maximum atomic E-state index is 14.5. The third-order valence-electron chi connectivity index (χ3n) is 8.10. The second-order valence-electron chi connectivity index (χ2n) is 13.7. The minimum Gasteiger partial charge on any atom is -0.497 e. The van der Waals surface area contributed by atoms with Gasteiger partial charge in [-0.3, -0.25) is 4.79 Å². The molecule has 0 fully saturated rings. The molecular formula is C34H37F11N2O6. The molecule has 0 aliphatic heterocycles. The predicted octanol–water partition coefficient (Wildman–Crippen LogP) is 8.21. The number of carbonyl (C=O) groups is 1. The van der Waals surface area contributed by atoms with E-state index in [1.807, 2.05) is 0 Å². The SMILES string of the molecule is COc1ccc(-c2cc3ccc(OCCC(F)(F)C(F)(F)C(F)(F)C(F)(F)CCOC(=O)C(CC(C)(C)N)C(C)(C)N)cc3oc2=O)c(C(F)(F)F)c1. The monoisotopic (exact) mass is 778 g/mol. The Morgan fingerprint density at radius 2 is 1.30 bits per heavy atom. The van der Waals surface area contributed by atoms with Gasteiger partial charge in [0.1, 0.15) is 17.1 Å². The number of fused-ring (bicyclic) bond motifs is 1. The van der Waals surface area contributed by atoms with Crippen LogP contribution in [-0.4, -0.2) is 61.1 Å². The Hall–Kier alpha value is -4.13. The summed E-state index contributed by atoms with van der Waals surface area (Å²) in [4.78, 5) is 25.2. The summed E-state index contributed by atoms with van der Waals surface area (Å²) in [6.07, 6.45) is -9.51. The number of carbonyl (C=O) groups excluding carboxylic acids is 1. The average molecular weight is 779 g/mol. The van der Waals surface area contributed by atoms with Crippen molar-refractivity contribution in [3.05, 3.63) is 58.4 Å². The Morgan fingerprint density at radius 3 is 1.81 bits per heavy atom. The summed E-state index contributed by atoms with van der Waals surface area (Å²) in [5.41, 5.74) is 5.51. The Bertz CT molecular complexity index is 1830. The van der Waals surface area contributed by atoms with Gasteiger partial charge in [-0.2, -0.15) is 48.3 Å². The number of esters is 1. The minimum absolute atomic E-state index is 0.00536. The number of hydrogen-bond acceptors (Lipinski definition) is 8. The second kappa shape index (κ2) is 14.9. The van der Waals surface area contributed by atoms with Crippen molar-refractivity contribution < 1.29 is 71.7 Å². The van der Waals surface area contributed by atoms with Gasteiger partial charge >= 0.3 is 41.5 Å². The Labute approximate surface area is 295 Å². The summed E-state index contributed by atoms with van der Waals surface area (Å²) in [5, 5.41) is 0.00536. The largest absolute Gasteiger partial charge is 0.497 e. The number of halogens is 11. The molecule has 296 valence electrons. The van der Waals surface area contributed by atoms with E-state index in [0.29, 0.717) is 6.07 Å². The molecule has 19 heteroatoms. The van der Waals surface area contributed by atoms with Gasteiger partial charge in [-0.25, -0.2) is 4.79 Å². The van der Waals surface area contributed by atoms with E-state index in [1.165, 1.54) is 33.8 Å². The molecule has 0 aliphatic rings. The average Bonchev–Trinajstić information content (AvgIpc) is 3.01. The van der Waals surface area contributed by atoms with Crippen molar-refractivity contribution in [1.29, 1.82) is 0 Å². The molecule has 0 bridgehead atoms. The first kappa shape index (κ1) is 43.3. The lowest BCUT2D eigenvalue weighted by Gasteiger charge is -2.37. The summed E-state index contributed by atoms with van der Waals surface area (Å²) >= 11 is 0. The highest BCUT2D eigenvalue weighted by Crippen LogP contribution is 2.54. The number of benzene rings is 2. The van der Waals surface area contributed by atoms with Crippen LogP contribution in [0.25, 0.3) is 22.1 Å². The van der Waals surface area contributed by atoms with Crippen LogP contribution in [0.3, 0.4) is 0 Å². The fourth-order valence-corrected chi connectivity index (χ4v) is 5.12. The van der Waals surface area contributed by atoms with Crippen LogP contribution in [0.1, 0.15) is 52.5 Å². The van der Waals surface area contributed by atoms with Gasteiger partial charge in [0.25, 0.3) is 0 Å². The number of ether oxygens (including phenoxy) is 3. The van der Waals surface area contributed by atoms with Crippen molar-refractivity contribution in [2.45, 2.75) is 87.9 Å². The Balaban J connectivity index is 1.72. The van der Waals surface area contributed by atoms with Crippen molar-refractivity contribution in [2.24, 2.45) is 17.4 Å². The number of nitrogens with two attached hydrogens (primary N) is 2. The van der Waals surface area contributed by atoms with E-state index >= 15 is 0 Å². The van der Waals surface area contributed by atoms with Crippen LogP contribution in [0.2, 0.25) is 0 Å². The molecular weight excluding hydrogens is 741 g/mol. The highest BCUT2D eigenvalue weighted by atomic mass is 19.4. The maximum absolute atomic E-state index is 14.5. The Morgan fingerprint density at radius 1 is 0.755 bits per heavy atom. The molecule has 8 nitrogen and oxygen atoms in total. The fourth-order valence-electron chi connectivity index (χ4n) is 5.12. The van der Waals surface area contributed by atoms with Crippen molar-refractivity contribution in [1.82, 2.24) is 0 Å². The molecule has 2 aromatic carbocycles. The fraction of sp³-hybridized carbons (Fsp3) is 0.529. The quantitative estimate of drug-likeness (QED) is 0.0847. The van der Waals surface area contributed by atoms with Gasteiger partial charge < -0.3 is 30.1 Å². The molecule has 4 N–H and O–H groups in total. The van der Waals surface area contributed by atoms with Crippen LogP contribution >= 0.6 is 0 Å². The third kappa shape index (κ3) is 9.71. The molecule has 0 radical (unpaired) electrons. The lowest BCUT2D eigenvalue weighted by atomic mass is 9.80. The van der Waals surface area contributed by atoms with E-state index in [0.717, 1.165) is 37.4 Å². The topological polar surface area (TPSA) is 127 Å². The van der Waals surface area contributed by atoms with Crippen LogP contribution in [-0.2, 0) is 15.7 Å². The summed E-state index contributed by atoms with van der Waals surface area (Å²) in [6.45, 7) is 2.76. The number of alkyl halides is 11. The van der Waals surface area contributed by atoms with E-state index in [9.17, 15) is 57.9 Å². The molecule has 1 heterocycles. The van der Waals surface area contributed by atoms with Crippen LogP contribution < -0.4 is 26.6 Å². The molecule has 0 saturated heterocycles. The molecule has 1 aromatic heterocycles.